The minimum Gasteiger partial charge on any atom is -0.497 e. The van der Waals surface area contributed by atoms with Gasteiger partial charge in [0.05, 0.1) is 20.6 Å². The van der Waals surface area contributed by atoms with Crippen molar-refractivity contribution in [2.24, 2.45) is 0 Å². The molecule has 6 heteroatoms. The third kappa shape index (κ3) is 5.13. The van der Waals surface area contributed by atoms with Crippen molar-refractivity contribution in [1.29, 1.82) is 0 Å². The normalized spacial score (nSPS) is 15.9. The van der Waals surface area contributed by atoms with E-state index in [9.17, 15) is 9.59 Å². The molecule has 5 rings (SSSR count). The number of anilines is 1. The van der Waals surface area contributed by atoms with Crippen LogP contribution in [0.5, 0.6) is 11.5 Å². The van der Waals surface area contributed by atoms with Crippen LogP contribution in [-0.4, -0.2) is 50.6 Å². The highest BCUT2D eigenvalue weighted by Gasteiger charge is 2.47. The van der Waals surface area contributed by atoms with Crippen LogP contribution in [0.15, 0.2) is 66.7 Å². The maximum Gasteiger partial charge on any atom is 0.231 e. The predicted molar refractivity (Wildman–Crippen MR) is 149 cm³/mol. The van der Waals surface area contributed by atoms with Gasteiger partial charge in [0.25, 0.3) is 0 Å². The largest absolute Gasteiger partial charge is 0.497 e. The molecule has 0 N–H and O–H groups in total. The number of hydrogen-bond donors (Lipinski definition) is 0. The van der Waals surface area contributed by atoms with Crippen molar-refractivity contribution in [2.75, 3.05) is 38.8 Å². The second-order valence-corrected chi connectivity index (χ2v) is 10.5. The molecular weight excluding hydrogens is 476 g/mol. The number of carbonyl (C=O) groups excluding carboxylic acids is 2. The summed E-state index contributed by atoms with van der Waals surface area (Å²) < 4.78 is 11.3. The number of likely N-dealkylation sites (tertiary alicyclic amines) is 1. The summed E-state index contributed by atoms with van der Waals surface area (Å²) >= 11 is 0. The molecule has 38 heavy (non-hydrogen) atoms. The summed E-state index contributed by atoms with van der Waals surface area (Å²) in [5.74, 6) is 1.80. The van der Waals surface area contributed by atoms with Crippen LogP contribution in [0.3, 0.4) is 0 Å². The number of benzene rings is 3. The van der Waals surface area contributed by atoms with Crippen molar-refractivity contribution in [3.8, 4) is 11.5 Å². The average molecular weight is 513 g/mol. The van der Waals surface area contributed by atoms with Crippen molar-refractivity contribution < 1.29 is 19.1 Å². The minimum atomic E-state index is -0.184. The number of rotatable bonds is 7. The molecule has 0 bridgehead atoms. The Morgan fingerprint density at radius 1 is 0.868 bits per heavy atom. The third-order valence-corrected chi connectivity index (χ3v) is 8.20. The standard InChI is InChI=1S/C32H36N2O4/c1-23(35)33-16-14-32(15-17-33)22-34(31(36)19-25-10-7-11-27(18-25)37-2)29-20-26(30(38-3)21-28(29)32)13-12-24-8-5-4-6-9-24/h4-11,18,20-21H,12-17,19,22H2,1-3H3. The fourth-order valence-electron chi connectivity index (χ4n) is 5.99. The molecule has 3 aromatic carbocycles. The van der Waals surface area contributed by atoms with Gasteiger partial charge < -0.3 is 19.3 Å². The Labute approximate surface area is 225 Å². The minimum absolute atomic E-state index is 0.0737. The van der Waals surface area contributed by atoms with E-state index in [4.69, 9.17) is 9.47 Å². The van der Waals surface area contributed by atoms with Gasteiger partial charge in [0.2, 0.25) is 11.8 Å². The zero-order chi connectivity index (χ0) is 26.7. The van der Waals surface area contributed by atoms with E-state index in [0.717, 1.165) is 54.0 Å². The fourth-order valence-corrected chi connectivity index (χ4v) is 5.99. The fraction of sp³-hybridized carbons (Fsp3) is 0.375. The van der Waals surface area contributed by atoms with Gasteiger partial charge in [-0.05, 0) is 72.2 Å². The highest BCUT2D eigenvalue weighted by Crippen LogP contribution is 2.49. The number of aryl methyl sites for hydroxylation is 2. The second-order valence-electron chi connectivity index (χ2n) is 10.5. The number of fused-ring (bicyclic) bond motifs is 2. The van der Waals surface area contributed by atoms with Crippen molar-refractivity contribution in [3.63, 3.8) is 0 Å². The first kappa shape index (κ1) is 25.8. The summed E-state index contributed by atoms with van der Waals surface area (Å²) in [6, 6.07) is 22.5. The first-order chi connectivity index (χ1) is 18.4. The monoisotopic (exact) mass is 512 g/mol. The number of hydrogen-bond acceptors (Lipinski definition) is 4. The first-order valence-corrected chi connectivity index (χ1v) is 13.4. The molecule has 2 aliphatic heterocycles. The van der Waals surface area contributed by atoms with Gasteiger partial charge in [-0.1, -0.05) is 42.5 Å². The van der Waals surface area contributed by atoms with Crippen molar-refractivity contribution in [3.05, 3.63) is 89.0 Å². The topological polar surface area (TPSA) is 59.1 Å². The summed E-state index contributed by atoms with van der Waals surface area (Å²) in [7, 11) is 3.36. The molecule has 2 amide bonds. The molecule has 2 aliphatic rings. The Morgan fingerprint density at radius 3 is 2.29 bits per heavy atom. The van der Waals surface area contributed by atoms with E-state index < -0.39 is 0 Å². The summed E-state index contributed by atoms with van der Waals surface area (Å²) in [6.07, 6.45) is 3.68. The van der Waals surface area contributed by atoms with Crippen LogP contribution in [0, 0.1) is 0 Å². The summed E-state index contributed by atoms with van der Waals surface area (Å²) in [5, 5.41) is 0. The van der Waals surface area contributed by atoms with Crippen LogP contribution in [0.25, 0.3) is 0 Å². The number of carbonyl (C=O) groups is 2. The van der Waals surface area contributed by atoms with Crippen LogP contribution >= 0.6 is 0 Å². The Balaban J connectivity index is 1.48. The number of ether oxygens (including phenoxy) is 2. The Morgan fingerprint density at radius 2 is 1.61 bits per heavy atom. The molecule has 2 heterocycles. The van der Waals surface area contributed by atoms with Gasteiger partial charge in [0.15, 0.2) is 0 Å². The molecule has 0 aliphatic carbocycles. The zero-order valence-electron chi connectivity index (χ0n) is 22.5. The first-order valence-electron chi connectivity index (χ1n) is 13.4. The number of methoxy groups -OCH3 is 2. The third-order valence-electron chi connectivity index (χ3n) is 8.20. The second kappa shape index (κ2) is 10.9. The summed E-state index contributed by atoms with van der Waals surface area (Å²) in [5.41, 5.74) is 5.28. The van der Waals surface area contributed by atoms with Gasteiger partial charge in [0, 0.05) is 37.7 Å². The van der Waals surface area contributed by atoms with E-state index in [1.54, 1.807) is 21.1 Å². The van der Waals surface area contributed by atoms with E-state index >= 15 is 0 Å². The van der Waals surface area contributed by atoms with Crippen LogP contribution in [-0.2, 0) is 34.3 Å². The molecule has 1 spiro atoms. The van der Waals surface area contributed by atoms with Crippen LogP contribution in [0.4, 0.5) is 5.69 Å². The van der Waals surface area contributed by atoms with E-state index in [1.807, 2.05) is 40.1 Å². The molecule has 1 saturated heterocycles. The average Bonchev–Trinajstić information content (AvgIpc) is 3.24. The summed E-state index contributed by atoms with van der Waals surface area (Å²) in [6.45, 7) is 3.66. The lowest BCUT2D eigenvalue weighted by Crippen LogP contribution is -2.47. The van der Waals surface area contributed by atoms with Gasteiger partial charge >= 0.3 is 0 Å². The molecular formula is C32H36N2O4. The molecule has 3 aromatic rings. The highest BCUT2D eigenvalue weighted by molar-refractivity contribution is 5.98. The molecule has 0 atom stereocenters. The lowest BCUT2D eigenvalue weighted by molar-refractivity contribution is -0.130. The van der Waals surface area contributed by atoms with Crippen molar-refractivity contribution in [2.45, 2.75) is 44.4 Å². The predicted octanol–water partition coefficient (Wildman–Crippen LogP) is 4.96. The van der Waals surface area contributed by atoms with Crippen LogP contribution in [0.1, 0.15) is 42.0 Å². The van der Waals surface area contributed by atoms with Crippen LogP contribution < -0.4 is 14.4 Å². The van der Waals surface area contributed by atoms with E-state index in [1.165, 1.54) is 11.1 Å². The van der Waals surface area contributed by atoms with Crippen molar-refractivity contribution >= 4 is 17.5 Å². The maximum absolute atomic E-state index is 13.8. The van der Waals surface area contributed by atoms with Crippen LogP contribution in [0.2, 0.25) is 0 Å². The zero-order valence-corrected chi connectivity index (χ0v) is 22.5. The van der Waals surface area contributed by atoms with Gasteiger partial charge in [-0.2, -0.15) is 0 Å². The molecule has 0 aromatic heterocycles. The highest BCUT2D eigenvalue weighted by atomic mass is 16.5. The van der Waals surface area contributed by atoms with E-state index in [0.29, 0.717) is 26.1 Å². The Hall–Kier alpha value is -3.80. The molecule has 0 unspecified atom stereocenters. The molecule has 198 valence electrons. The maximum atomic E-state index is 13.8. The molecule has 1 fully saturated rings. The van der Waals surface area contributed by atoms with Gasteiger partial charge in [-0.25, -0.2) is 0 Å². The smallest absolute Gasteiger partial charge is 0.231 e. The summed E-state index contributed by atoms with van der Waals surface area (Å²) in [4.78, 5) is 29.7. The van der Waals surface area contributed by atoms with Gasteiger partial charge in [0.1, 0.15) is 11.5 Å². The number of amides is 2. The number of nitrogens with zero attached hydrogens (tertiary/aromatic N) is 2. The molecule has 0 radical (unpaired) electrons. The van der Waals surface area contributed by atoms with Crippen molar-refractivity contribution in [1.82, 2.24) is 4.90 Å². The lowest BCUT2D eigenvalue weighted by atomic mass is 9.74. The van der Waals surface area contributed by atoms with Gasteiger partial charge in [-0.15, -0.1) is 0 Å². The quantitative estimate of drug-likeness (QED) is 0.449. The molecule has 6 nitrogen and oxygen atoms in total. The molecule has 0 saturated carbocycles. The van der Waals surface area contributed by atoms with E-state index in [2.05, 4.69) is 36.4 Å². The Kier molecular flexibility index (Phi) is 7.41. The SMILES string of the molecule is COc1cccc(CC(=O)N2CC3(CCN(C(C)=O)CC3)c3cc(OC)c(CCc4ccccc4)cc32)c1. The Bertz CT molecular complexity index is 1310. The van der Waals surface area contributed by atoms with E-state index in [-0.39, 0.29) is 17.2 Å². The van der Waals surface area contributed by atoms with Gasteiger partial charge in [-0.3, -0.25) is 9.59 Å². The lowest BCUT2D eigenvalue weighted by Gasteiger charge is -2.39. The number of piperidine rings is 1.